The van der Waals surface area contributed by atoms with Gasteiger partial charge < -0.3 is 4.57 Å². The molecule has 1 aromatic heterocycles. The summed E-state index contributed by atoms with van der Waals surface area (Å²) in [5.41, 5.74) is 3.39. The Morgan fingerprint density at radius 1 is 0.759 bits per heavy atom. The molecule has 29 heavy (non-hydrogen) atoms. The van der Waals surface area contributed by atoms with Gasteiger partial charge in [0, 0.05) is 12.6 Å². The number of hydrogen-bond donors (Lipinski definition) is 0. The third-order valence-corrected chi connectivity index (χ3v) is 5.18. The van der Waals surface area contributed by atoms with E-state index in [0.717, 1.165) is 22.4 Å². The first-order valence-electron chi connectivity index (χ1n) is 9.61. The lowest BCUT2D eigenvalue weighted by Gasteiger charge is -2.37. The van der Waals surface area contributed by atoms with Gasteiger partial charge in [0.25, 0.3) is 0 Å². The summed E-state index contributed by atoms with van der Waals surface area (Å²) in [6, 6.07) is 30.9. The van der Waals surface area contributed by atoms with Crippen molar-refractivity contribution in [2.75, 3.05) is 0 Å². The minimum Gasteiger partial charge on any atom is -0.319 e. The van der Waals surface area contributed by atoms with Crippen molar-refractivity contribution >= 4 is 5.97 Å². The minimum absolute atomic E-state index is 0.0496. The van der Waals surface area contributed by atoms with Gasteiger partial charge in [0.1, 0.15) is 5.54 Å². The zero-order valence-electron chi connectivity index (χ0n) is 15.9. The SMILES string of the molecule is [O]C(=O)CCc1cn(C(c2ccccc2)(c2ccccc2)c2ccccc2)cn1. The zero-order valence-corrected chi connectivity index (χ0v) is 15.9. The summed E-state index contributed by atoms with van der Waals surface area (Å²) in [6.07, 6.45) is 4.02. The van der Waals surface area contributed by atoms with Crippen LogP contribution in [0.2, 0.25) is 0 Å². The molecule has 0 fully saturated rings. The van der Waals surface area contributed by atoms with Crippen LogP contribution in [-0.2, 0) is 21.9 Å². The number of carbonyl (C=O) groups is 1. The second-order valence-corrected chi connectivity index (χ2v) is 6.95. The Labute approximate surface area is 170 Å². The second-order valence-electron chi connectivity index (χ2n) is 6.95. The van der Waals surface area contributed by atoms with Crippen LogP contribution in [0, 0.1) is 0 Å². The van der Waals surface area contributed by atoms with E-state index >= 15 is 0 Å². The molecule has 0 aliphatic rings. The highest BCUT2D eigenvalue weighted by Crippen LogP contribution is 2.40. The maximum atomic E-state index is 10.9. The maximum absolute atomic E-state index is 10.9. The Hall–Kier alpha value is -3.66. The van der Waals surface area contributed by atoms with Crippen molar-refractivity contribution in [2.24, 2.45) is 0 Å². The van der Waals surface area contributed by atoms with Gasteiger partial charge in [-0.25, -0.2) is 14.9 Å². The fourth-order valence-corrected chi connectivity index (χ4v) is 3.89. The van der Waals surface area contributed by atoms with Crippen LogP contribution in [0.15, 0.2) is 104 Å². The highest BCUT2D eigenvalue weighted by Gasteiger charge is 2.38. The number of imidazole rings is 1. The van der Waals surface area contributed by atoms with E-state index in [1.165, 1.54) is 0 Å². The number of carbonyl (C=O) groups excluding carboxylic acids is 1. The van der Waals surface area contributed by atoms with E-state index in [1.807, 2.05) is 60.8 Å². The maximum Gasteiger partial charge on any atom is 0.355 e. The first kappa shape index (κ1) is 18.7. The summed E-state index contributed by atoms with van der Waals surface area (Å²) in [5.74, 6) is -1.07. The fraction of sp³-hybridized carbons (Fsp3) is 0.120. The van der Waals surface area contributed by atoms with Gasteiger partial charge in [0.15, 0.2) is 0 Å². The standard InChI is InChI=1S/C25H21N2O2/c28-24(29)17-16-23-18-27(19-26-23)25(20-10-4-1-5-11-20,21-12-6-2-7-13-21)22-14-8-3-9-15-22/h1-15,18-19H,16-17H2. The quantitative estimate of drug-likeness (QED) is 0.439. The normalized spacial score (nSPS) is 11.3. The fourth-order valence-electron chi connectivity index (χ4n) is 3.89. The predicted molar refractivity (Wildman–Crippen MR) is 111 cm³/mol. The molecule has 0 spiro atoms. The molecule has 0 amide bonds. The molecule has 4 nitrogen and oxygen atoms in total. The van der Waals surface area contributed by atoms with Gasteiger partial charge >= 0.3 is 5.97 Å². The molecule has 4 aromatic rings. The Morgan fingerprint density at radius 2 is 1.21 bits per heavy atom. The summed E-state index contributed by atoms with van der Waals surface area (Å²) in [4.78, 5) is 15.4. The first-order chi connectivity index (χ1) is 14.2. The molecule has 1 heterocycles. The number of aryl methyl sites for hydroxylation is 1. The Bertz CT molecular complexity index is 977. The van der Waals surface area contributed by atoms with Crippen LogP contribution in [0.3, 0.4) is 0 Å². The Balaban J connectivity index is 1.97. The molecule has 0 unspecified atom stereocenters. The molecule has 143 valence electrons. The number of nitrogens with zero attached hydrogens (tertiary/aromatic N) is 2. The van der Waals surface area contributed by atoms with Crippen molar-refractivity contribution in [1.29, 1.82) is 0 Å². The smallest absolute Gasteiger partial charge is 0.319 e. The van der Waals surface area contributed by atoms with E-state index in [2.05, 4.69) is 45.9 Å². The van der Waals surface area contributed by atoms with E-state index < -0.39 is 11.5 Å². The molecule has 4 rings (SSSR count). The molecule has 0 aliphatic heterocycles. The molecule has 0 saturated heterocycles. The summed E-state index contributed by atoms with van der Waals surface area (Å²) in [6.45, 7) is 0. The number of hydrogen-bond acceptors (Lipinski definition) is 2. The predicted octanol–water partition coefficient (Wildman–Crippen LogP) is 4.61. The number of aromatic nitrogens is 2. The van der Waals surface area contributed by atoms with Gasteiger partial charge in [-0.2, -0.15) is 0 Å². The third-order valence-electron chi connectivity index (χ3n) is 5.18. The molecule has 1 radical (unpaired) electrons. The average Bonchev–Trinajstić information content (AvgIpc) is 3.24. The minimum atomic E-state index is -1.07. The van der Waals surface area contributed by atoms with Crippen molar-refractivity contribution in [3.8, 4) is 0 Å². The number of rotatable bonds is 7. The Morgan fingerprint density at radius 3 is 1.62 bits per heavy atom. The van der Waals surface area contributed by atoms with Gasteiger partial charge in [0.2, 0.25) is 0 Å². The monoisotopic (exact) mass is 381 g/mol. The molecule has 3 aromatic carbocycles. The van der Waals surface area contributed by atoms with Crippen molar-refractivity contribution in [2.45, 2.75) is 18.4 Å². The Kier molecular flexibility index (Phi) is 5.25. The van der Waals surface area contributed by atoms with Crippen LogP contribution in [0.4, 0.5) is 0 Å². The lowest BCUT2D eigenvalue weighted by molar-refractivity contribution is -0.143. The molecule has 0 N–H and O–H groups in total. The van der Waals surface area contributed by atoms with Gasteiger partial charge in [-0.1, -0.05) is 91.0 Å². The highest BCUT2D eigenvalue weighted by molar-refractivity contribution is 5.66. The van der Waals surface area contributed by atoms with Crippen LogP contribution in [-0.4, -0.2) is 15.5 Å². The lowest BCUT2D eigenvalue weighted by Crippen LogP contribution is -2.36. The second kappa shape index (κ2) is 8.15. The molecule has 0 saturated carbocycles. The van der Waals surface area contributed by atoms with E-state index in [9.17, 15) is 9.90 Å². The van der Waals surface area contributed by atoms with Gasteiger partial charge in [0.05, 0.1) is 18.4 Å². The highest BCUT2D eigenvalue weighted by atomic mass is 16.4. The summed E-state index contributed by atoms with van der Waals surface area (Å²) in [7, 11) is 0. The third kappa shape index (κ3) is 3.57. The average molecular weight is 381 g/mol. The van der Waals surface area contributed by atoms with Crippen molar-refractivity contribution < 1.29 is 9.90 Å². The summed E-state index contributed by atoms with van der Waals surface area (Å²) in [5, 5.41) is 10.9. The largest absolute Gasteiger partial charge is 0.355 e. The first-order valence-corrected chi connectivity index (χ1v) is 9.61. The molecule has 4 heteroatoms. The van der Waals surface area contributed by atoms with Crippen LogP contribution in [0.5, 0.6) is 0 Å². The molecular weight excluding hydrogens is 360 g/mol. The lowest BCUT2D eigenvalue weighted by atomic mass is 9.77. The number of benzene rings is 3. The molecule has 0 atom stereocenters. The van der Waals surface area contributed by atoms with Crippen LogP contribution >= 0.6 is 0 Å². The van der Waals surface area contributed by atoms with E-state index in [-0.39, 0.29) is 6.42 Å². The van der Waals surface area contributed by atoms with E-state index in [4.69, 9.17) is 0 Å². The van der Waals surface area contributed by atoms with E-state index in [0.29, 0.717) is 6.42 Å². The summed E-state index contributed by atoms with van der Waals surface area (Å²) < 4.78 is 2.08. The van der Waals surface area contributed by atoms with Crippen LogP contribution < -0.4 is 0 Å². The van der Waals surface area contributed by atoms with Crippen molar-refractivity contribution in [3.63, 3.8) is 0 Å². The van der Waals surface area contributed by atoms with Crippen molar-refractivity contribution in [1.82, 2.24) is 9.55 Å². The zero-order chi connectivity index (χ0) is 20.1. The molecular formula is C25H21N2O2. The van der Waals surface area contributed by atoms with Crippen LogP contribution in [0.1, 0.15) is 28.8 Å². The molecule has 0 aliphatic carbocycles. The van der Waals surface area contributed by atoms with Crippen LogP contribution in [0.25, 0.3) is 0 Å². The topological polar surface area (TPSA) is 54.8 Å². The summed E-state index contributed by atoms with van der Waals surface area (Å²) >= 11 is 0. The van der Waals surface area contributed by atoms with E-state index in [1.54, 1.807) is 6.33 Å². The molecule has 0 bridgehead atoms. The van der Waals surface area contributed by atoms with Crippen molar-refractivity contribution in [3.05, 3.63) is 126 Å². The van der Waals surface area contributed by atoms with Gasteiger partial charge in [-0.15, -0.1) is 0 Å². The van der Waals surface area contributed by atoms with Gasteiger partial charge in [-0.05, 0) is 16.7 Å². The van der Waals surface area contributed by atoms with Gasteiger partial charge in [-0.3, -0.25) is 0 Å².